The monoisotopic (exact) mass is 357 g/mol. The minimum Gasteiger partial charge on any atom is -0.385 e. The van der Waals surface area contributed by atoms with Crippen molar-refractivity contribution in [1.29, 1.82) is 0 Å². The van der Waals surface area contributed by atoms with Gasteiger partial charge in [-0.1, -0.05) is 18.2 Å². The van der Waals surface area contributed by atoms with Crippen LogP contribution in [0, 0.1) is 0 Å². The summed E-state index contributed by atoms with van der Waals surface area (Å²) in [7, 11) is 5.92. The standard InChI is InChI=1S/C21H31N3O2/c1-22-12-9-18(10-13-22)24(11-6-14-26-3)21(25)15-17-16-23(2)20-8-5-4-7-19(17)20/h4-5,7-8,16,18H,6,9-15H2,1-3H3. The van der Waals surface area contributed by atoms with E-state index in [9.17, 15) is 4.79 Å². The molecular weight excluding hydrogens is 326 g/mol. The number of nitrogens with zero attached hydrogens (tertiary/aromatic N) is 3. The lowest BCUT2D eigenvalue weighted by Crippen LogP contribution is -2.47. The van der Waals surface area contributed by atoms with Gasteiger partial charge in [0.2, 0.25) is 5.91 Å². The molecule has 1 fully saturated rings. The topological polar surface area (TPSA) is 37.7 Å². The van der Waals surface area contributed by atoms with E-state index in [-0.39, 0.29) is 5.91 Å². The third-order valence-electron chi connectivity index (χ3n) is 5.52. The number of carbonyl (C=O) groups is 1. The van der Waals surface area contributed by atoms with E-state index >= 15 is 0 Å². The molecule has 0 spiro atoms. The average molecular weight is 357 g/mol. The zero-order chi connectivity index (χ0) is 18.5. The Kier molecular flexibility index (Phi) is 6.33. The van der Waals surface area contributed by atoms with Gasteiger partial charge in [-0.3, -0.25) is 4.79 Å². The Morgan fingerprint density at radius 2 is 1.96 bits per heavy atom. The molecular formula is C21H31N3O2. The molecule has 1 aromatic heterocycles. The molecule has 1 saturated heterocycles. The first kappa shape index (κ1) is 18.9. The number of hydrogen-bond acceptors (Lipinski definition) is 3. The number of likely N-dealkylation sites (tertiary alicyclic amines) is 1. The van der Waals surface area contributed by atoms with Crippen molar-refractivity contribution < 1.29 is 9.53 Å². The highest BCUT2D eigenvalue weighted by molar-refractivity contribution is 5.89. The van der Waals surface area contributed by atoms with Gasteiger partial charge in [0.25, 0.3) is 0 Å². The number of piperidine rings is 1. The lowest BCUT2D eigenvalue weighted by atomic mass is 10.0. The summed E-state index contributed by atoms with van der Waals surface area (Å²) in [6, 6.07) is 8.66. The van der Waals surface area contributed by atoms with E-state index in [1.807, 2.05) is 19.2 Å². The Bertz CT molecular complexity index is 732. The summed E-state index contributed by atoms with van der Waals surface area (Å²) in [4.78, 5) is 17.7. The molecule has 0 N–H and O–H groups in total. The molecule has 1 amide bonds. The van der Waals surface area contributed by atoms with Crippen molar-refractivity contribution in [3.63, 3.8) is 0 Å². The molecule has 1 aromatic carbocycles. The van der Waals surface area contributed by atoms with E-state index in [2.05, 4.69) is 39.7 Å². The second kappa shape index (κ2) is 8.69. The number of carbonyl (C=O) groups excluding carboxylic acids is 1. The highest BCUT2D eigenvalue weighted by atomic mass is 16.5. The Morgan fingerprint density at radius 3 is 2.69 bits per heavy atom. The predicted molar refractivity (Wildman–Crippen MR) is 105 cm³/mol. The second-order valence-corrected chi connectivity index (χ2v) is 7.43. The van der Waals surface area contributed by atoms with Crippen LogP contribution in [-0.2, 0) is 23.0 Å². The molecule has 0 saturated carbocycles. The Morgan fingerprint density at radius 1 is 1.23 bits per heavy atom. The van der Waals surface area contributed by atoms with E-state index in [0.717, 1.165) is 44.5 Å². The number of rotatable bonds is 7. The van der Waals surface area contributed by atoms with Gasteiger partial charge in [-0.25, -0.2) is 0 Å². The van der Waals surface area contributed by atoms with Crippen molar-refractivity contribution in [2.24, 2.45) is 7.05 Å². The zero-order valence-corrected chi connectivity index (χ0v) is 16.3. The van der Waals surface area contributed by atoms with Gasteiger partial charge in [0, 0.05) is 50.5 Å². The summed E-state index contributed by atoms with van der Waals surface area (Å²) in [6.45, 7) is 3.61. The summed E-state index contributed by atoms with van der Waals surface area (Å²) in [5.41, 5.74) is 2.30. The first-order valence-electron chi connectivity index (χ1n) is 9.60. The highest BCUT2D eigenvalue weighted by Crippen LogP contribution is 2.23. The molecule has 2 aromatic rings. The van der Waals surface area contributed by atoms with Crippen LogP contribution in [0.4, 0.5) is 0 Å². The quantitative estimate of drug-likeness (QED) is 0.715. The summed E-state index contributed by atoms with van der Waals surface area (Å²) in [5.74, 6) is 0.243. The van der Waals surface area contributed by atoms with E-state index in [1.165, 1.54) is 10.9 Å². The third-order valence-corrected chi connectivity index (χ3v) is 5.52. The number of para-hydroxylation sites is 1. The molecule has 0 unspecified atom stereocenters. The van der Waals surface area contributed by atoms with Gasteiger partial charge in [-0.2, -0.15) is 0 Å². The van der Waals surface area contributed by atoms with Crippen LogP contribution in [-0.4, -0.2) is 66.7 Å². The fraction of sp³-hybridized carbons (Fsp3) is 0.571. The molecule has 2 heterocycles. The van der Waals surface area contributed by atoms with Crippen LogP contribution in [0.3, 0.4) is 0 Å². The number of hydrogen-bond donors (Lipinski definition) is 0. The van der Waals surface area contributed by atoms with E-state index in [4.69, 9.17) is 4.74 Å². The molecule has 0 bridgehead atoms. The van der Waals surface area contributed by atoms with Crippen molar-refractivity contribution in [3.05, 3.63) is 36.0 Å². The van der Waals surface area contributed by atoms with Crippen molar-refractivity contribution in [3.8, 4) is 0 Å². The van der Waals surface area contributed by atoms with Crippen LogP contribution in [0.1, 0.15) is 24.8 Å². The van der Waals surface area contributed by atoms with Crippen molar-refractivity contribution in [2.75, 3.05) is 40.4 Å². The Balaban J connectivity index is 1.75. The molecule has 1 aliphatic rings. The fourth-order valence-corrected chi connectivity index (χ4v) is 4.03. The highest BCUT2D eigenvalue weighted by Gasteiger charge is 2.27. The SMILES string of the molecule is COCCCN(C(=O)Cc1cn(C)c2ccccc12)C1CCN(C)CC1. The number of methoxy groups -OCH3 is 1. The first-order valence-corrected chi connectivity index (χ1v) is 9.60. The summed E-state index contributed by atoms with van der Waals surface area (Å²) < 4.78 is 7.32. The molecule has 26 heavy (non-hydrogen) atoms. The van der Waals surface area contributed by atoms with Crippen molar-refractivity contribution in [1.82, 2.24) is 14.4 Å². The maximum Gasteiger partial charge on any atom is 0.227 e. The van der Waals surface area contributed by atoms with Crippen LogP contribution in [0.25, 0.3) is 10.9 Å². The predicted octanol–water partition coefficient (Wildman–Crippen LogP) is 2.68. The minimum absolute atomic E-state index is 0.243. The smallest absolute Gasteiger partial charge is 0.227 e. The molecule has 3 rings (SSSR count). The van der Waals surface area contributed by atoms with E-state index in [1.54, 1.807) is 7.11 Å². The molecule has 142 valence electrons. The Labute approximate surface area is 156 Å². The maximum atomic E-state index is 13.2. The number of amides is 1. The van der Waals surface area contributed by atoms with Gasteiger partial charge in [0.15, 0.2) is 0 Å². The number of benzene rings is 1. The average Bonchev–Trinajstić information content (AvgIpc) is 2.96. The van der Waals surface area contributed by atoms with Crippen molar-refractivity contribution >= 4 is 16.8 Å². The number of aryl methyl sites for hydroxylation is 1. The van der Waals surface area contributed by atoms with E-state index < -0.39 is 0 Å². The lowest BCUT2D eigenvalue weighted by Gasteiger charge is -2.37. The minimum atomic E-state index is 0.243. The van der Waals surface area contributed by atoms with Gasteiger partial charge in [-0.15, -0.1) is 0 Å². The second-order valence-electron chi connectivity index (χ2n) is 7.43. The first-order chi connectivity index (χ1) is 12.6. The molecule has 0 radical (unpaired) electrons. The Hall–Kier alpha value is -1.85. The molecule has 0 atom stereocenters. The number of fused-ring (bicyclic) bond motifs is 1. The van der Waals surface area contributed by atoms with E-state index in [0.29, 0.717) is 19.1 Å². The molecule has 0 aliphatic carbocycles. The number of aromatic nitrogens is 1. The van der Waals surface area contributed by atoms with Crippen LogP contribution in [0.5, 0.6) is 0 Å². The third kappa shape index (κ3) is 4.27. The van der Waals surface area contributed by atoms with Gasteiger partial charge in [0.05, 0.1) is 6.42 Å². The molecule has 5 nitrogen and oxygen atoms in total. The molecule has 1 aliphatic heterocycles. The fourth-order valence-electron chi connectivity index (χ4n) is 4.03. The largest absolute Gasteiger partial charge is 0.385 e. The maximum absolute atomic E-state index is 13.2. The van der Waals surface area contributed by atoms with Gasteiger partial charge in [-0.05, 0) is 51.0 Å². The molecule has 5 heteroatoms. The van der Waals surface area contributed by atoms with Gasteiger partial charge < -0.3 is 19.1 Å². The van der Waals surface area contributed by atoms with Crippen LogP contribution < -0.4 is 0 Å². The lowest BCUT2D eigenvalue weighted by molar-refractivity contribution is -0.134. The van der Waals surface area contributed by atoms with Crippen LogP contribution in [0.15, 0.2) is 30.5 Å². The van der Waals surface area contributed by atoms with Crippen molar-refractivity contribution in [2.45, 2.75) is 31.7 Å². The normalized spacial score (nSPS) is 16.3. The summed E-state index contributed by atoms with van der Waals surface area (Å²) in [5, 5.41) is 1.18. The van der Waals surface area contributed by atoms with Gasteiger partial charge >= 0.3 is 0 Å². The summed E-state index contributed by atoms with van der Waals surface area (Å²) >= 11 is 0. The van der Waals surface area contributed by atoms with Crippen LogP contribution >= 0.6 is 0 Å². The van der Waals surface area contributed by atoms with Crippen LogP contribution in [0.2, 0.25) is 0 Å². The van der Waals surface area contributed by atoms with Gasteiger partial charge in [0.1, 0.15) is 0 Å². The zero-order valence-electron chi connectivity index (χ0n) is 16.3. The summed E-state index contributed by atoms with van der Waals surface area (Å²) in [6.07, 6.45) is 5.59. The number of ether oxygens (including phenoxy) is 1.